The molecule has 38 heavy (non-hydrogen) atoms. The van der Waals surface area contributed by atoms with Crippen LogP contribution in [0.2, 0.25) is 0 Å². The van der Waals surface area contributed by atoms with Crippen LogP contribution in [-0.4, -0.2) is 23.0 Å². The van der Waals surface area contributed by atoms with Crippen LogP contribution >= 0.6 is 0 Å². The smallest absolute Gasteiger partial charge is 0.274 e. The van der Waals surface area contributed by atoms with Gasteiger partial charge in [-0.1, -0.05) is 78.9 Å². The fourth-order valence-electron chi connectivity index (χ4n) is 6.79. The van der Waals surface area contributed by atoms with E-state index in [1.165, 1.54) is 18.2 Å². The van der Waals surface area contributed by atoms with Gasteiger partial charge < -0.3 is 0 Å². The second-order valence-electron chi connectivity index (χ2n) is 9.88. The van der Waals surface area contributed by atoms with Gasteiger partial charge in [0.2, 0.25) is 11.8 Å². The lowest BCUT2D eigenvalue weighted by atomic mass is 9.47. The Balaban J connectivity index is 1.51. The van der Waals surface area contributed by atoms with Crippen molar-refractivity contribution in [2.45, 2.75) is 11.3 Å². The molecule has 0 radical (unpaired) electrons. The van der Waals surface area contributed by atoms with E-state index in [1.807, 2.05) is 85.1 Å². The number of nitrogens with zero attached hydrogens (tertiary/aromatic N) is 3. The molecule has 1 aliphatic heterocycles. The minimum Gasteiger partial charge on any atom is -0.274 e. The molecule has 3 aliphatic carbocycles. The standard InChI is InChI=1S/C31H21N3O4/c35-29-27-26-20-12-4-6-14-22(20)31(23-15-7-5-13-21(23)26,18-32-19-10-2-1-3-11-19)28(27)30(36)33(29)24-16-8-9-17-25(24)34(37)38/h1-18,26-28H/t26?,27-,28+,31?/m1/s1. The number of carbonyl (C=O) groups excluding carboxylic acids is 2. The van der Waals surface area contributed by atoms with E-state index in [0.29, 0.717) is 0 Å². The SMILES string of the molecule is O=C1[C@@H]2C3c4ccccc4C(C=Nc4ccccc4)(c4ccccc43)[C@@H]2C(=O)N1c1ccccc1[N+](=O)[O-]. The van der Waals surface area contributed by atoms with Gasteiger partial charge in [0.15, 0.2) is 0 Å². The number of benzene rings is 4. The first kappa shape index (κ1) is 22.3. The molecule has 2 amide bonds. The molecule has 0 unspecified atom stereocenters. The minimum atomic E-state index is -1.02. The summed E-state index contributed by atoms with van der Waals surface area (Å²) < 4.78 is 0. The van der Waals surface area contributed by atoms with Crippen molar-refractivity contribution >= 4 is 35.1 Å². The minimum absolute atomic E-state index is 0.00422. The van der Waals surface area contributed by atoms with E-state index in [9.17, 15) is 19.7 Å². The van der Waals surface area contributed by atoms with E-state index in [4.69, 9.17) is 4.99 Å². The Kier molecular flexibility index (Phi) is 4.72. The number of rotatable bonds is 4. The topological polar surface area (TPSA) is 92.9 Å². The maximum absolute atomic E-state index is 14.4. The highest BCUT2D eigenvalue weighted by Crippen LogP contribution is 2.64. The fourth-order valence-corrected chi connectivity index (χ4v) is 6.79. The summed E-state index contributed by atoms with van der Waals surface area (Å²) in [4.78, 5) is 45.8. The van der Waals surface area contributed by atoms with Gasteiger partial charge >= 0.3 is 0 Å². The molecule has 0 aromatic heterocycles. The van der Waals surface area contributed by atoms with Crippen molar-refractivity contribution < 1.29 is 14.5 Å². The summed E-state index contributed by atoms with van der Waals surface area (Å²) in [5.41, 5.74) is 3.29. The molecule has 1 fully saturated rings. The molecule has 7 nitrogen and oxygen atoms in total. The summed E-state index contributed by atoms with van der Waals surface area (Å²) in [6.45, 7) is 0. The first-order valence-electron chi connectivity index (χ1n) is 12.4. The summed E-state index contributed by atoms with van der Waals surface area (Å²) in [7, 11) is 0. The number of hydrogen-bond acceptors (Lipinski definition) is 5. The Morgan fingerprint density at radius 3 is 2.00 bits per heavy atom. The number of carbonyl (C=O) groups is 2. The second-order valence-corrected chi connectivity index (χ2v) is 9.88. The van der Waals surface area contributed by atoms with E-state index in [1.54, 1.807) is 6.07 Å². The third-order valence-electron chi connectivity index (χ3n) is 8.18. The summed E-state index contributed by atoms with van der Waals surface area (Å²) >= 11 is 0. The predicted octanol–water partition coefficient (Wildman–Crippen LogP) is 5.55. The van der Waals surface area contributed by atoms with E-state index in [0.717, 1.165) is 32.8 Å². The highest BCUT2D eigenvalue weighted by molar-refractivity contribution is 6.25. The molecular formula is C31H21N3O4. The molecule has 0 saturated carbocycles. The Hall–Kier alpha value is -4.91. The molecular weight excluding hydrogens is 478 g/mol. The van der Waals surface area contributed by atoms with Crippen LogP contribution < -0.4 is 4.90 Å². The Labute approximate surface area is 218 Å². The fraction of sp³-hybridized carbons (Fsp3) is 0.129. The first-order valence-corrected chi connectivity index (χ1v) is 12.4. The normalized spacial score (nSPS) is 24.8. The van der Waals surface area contributed by atoms with E-state index in [2.05, 4.69) is 0 Å². The van der Waals surface area contributed by atoms with Gasteiger partial charge in [0, 0.05) is 18.2 Å². The quantitative estimate of drug-likeness (QED) is 0.159. The monoisotopic (exact) mass is 499 g/mol. The first-order chi connectivity index (χ1) is 18.5. The molecule has 4 aromatic carbocycles. The molecule has 4 aromatic rings. The maximum atomic E-state index is 14.4. The zero-order valence-corrected chi connectivity index (χ0v) is 20.1. The van der Waals surface area contributed by atoms with Crippen LogP contribution in [0.5, 0.6) is 0 Å². The largest absolute Gasteiger partial charge is 0.293 e. The predicted molar refractivity (Wildman–Crippen MR) is 143 cm³/mol. The van der Waals surface area contributed by atoms with E-state index >= 15 is 0 Å². The highest BCUT2D eigenvalue weighted by Gasteiger charge is 2.68. The number of nitro groups is 1. The van der Waals surface area contributed by atoms with Crippen LogP contribution in [0.4, 0.5) is 17.1 Å². The Morgan fingerprint density at radius 1 is 0.763 bits per heavy atom. The van der Waals surface area contributed by atoms with Gasteiger partial charge in [0.1, 0.15) is 5.69 Å². The molecule has 1 heterocycles. The van der Waals surface area contributed by atoms with Gasteiger partial charge in [0.05, 0.1) is 27.9 Å². The van der Waals surface area contributed by atoms with Gasteiger partial charge in [-0.25, -0.2) is 4.90 Å². The molecule has 184 valence electrons. The molecule has 1 saturated heterocycles. The van der Waals surface area contributed by atoms with Crippen molar-refractivity contribution in [3.8, 4) is 0 Å². The van der Waals surface area contributed by atoms with Crippen LogP contribution in [0.25, 0.3) is 0 Å². The average molecular weight is 500 g/mol. The molecule has 8 rings (SSSR count). The van der Waals surface area contributed by atoms with Crippen LogP contribution in [0, 0.1) is 22.0 Å². The Bertz CT molecular complexity index is 1630. The number of hydrogen-bond donors (Lipinski definition) is 0. The lowest BCUT2D eigenvalue weighted by molar-refractivity contribution is -0.384. The third kappa shape index (κ3) is 2.81. The van der Waals surface area contributed by atoms with Gasteiger partial charge in [-0.2, -0.15) is 0 Å². The van der Waals surface area contributed by atoms with Crippen LogP contribution in [0.15, 0.2) is 108 Å². The second kappa shape index (κ2) is 8.05. The lowest BCUT2D eigenvalue weighted by Crippen LogP contribution is -2.54. The van der Waals surface area contributed by atoms with Crippen molar-refractivity contribution in [2.75, 3.05) is 4.90 Å². The number of amides is 2. The number of anilines is 1. The molecule has 4 aliphatic rings. The maximum Gasteiger partial charge on any atom is 0.293 e. The Morgan fingerprint density at radius 2 is 1.34 bits per heavy atom. The van der Waals surface area contributed by atoms with Gasteiger partial charge in [-0.15, -0.1) is 0 Å². The van der Waals surface area contributed by atoms with Crippen LogP contribution in [0.1, 0.15) is 28.2 Å². The number of para-hydroxylation sites is 3. The van der Waals surface area contributed by atoms with Crippen molar-refractivity contribution in [1.29, 1.82) is 0 Å². The zero-order chi connectivity index (χ0) is 26.0. The van der Waals surface area contributed by atoms with Gasteiger partial charge in [-0.05, 0) is 40.5 Å². The lowest BCUT2D eigenvalue weighted by Gasteiger charge is -2.52. The highest BCUT2D eigenvalue weighted by atomic mass is 16.6. The molecule has 2 atom stereocenters. The van der Waals surface area contributed by atoms with Crippen LogP contribution in [0.3, 0.4) is 0 Å². The third-order valence-corrected chi connectivity index (χ3v) is 8.18. The van der Waals surface area contributed by atoms with Gasteiger partial charge in [0.25, 0.3) is 5.69 Å². The zero-order valence-electron chi connectivity index (χ0n) is 20.1. The number of aliphatic imine (C=N–C) groups is 1. The number of imide groups is 1. The van der Waals surface area contributed by atoms with Crippen molar-refractivity contribution in [3.05, 3.63) is 135 Å². The van der Waals surface area contributed by atoms with Crippen molar-refractivity contribution in [1.82, 2.24) is 0 Å². The molecule has 0 N–H and O–H groups in total. The van der Waals surface area contributed by atoms with Crippen LogP contribution in [-0.2, 0) is 15.0 Å². The van der Waals surface area contributed by atoms with Crippen molar-refractivity contribution in [3.63, 3.8) is 0 Å². The average Bonchev–Trinajstić information content (AvgIpc) is 3.23. The number of nitro benzene ring substituents is 1. The van der Waals surface area contributed by atoms with Gasteiger partial charge in [-0.3, -0.25) is 24.7 Å². The molecule has 7 heteroatoms. The summed E-state index contributed by atoms with van der Waals surface area (Å²) in [6, 6.07) is 31.2. The van der Waals surface area contributed by atoms with E-state index < -0.39 is 34.0 Å². The molecule has 0 spiro atoms. The molecule has 2 bridgehead atoms. The summed E-state index contributed by atoms with van der Waals surface area (Å²) in [5.74, 6) is -2.71. The van der Waals surface area contributed by atoms with Crippen molar-refractivity contribution in [2.24, 2.45) is 16.8 Å². The summed E-state index contributed by atoms with van der Waals surface area (Å²) in [5, 5.41) is 11.9. The summed E-state index contributed by atoms with van der Waals surface area (Å²) in [6.07, 6.45) is 1.82. The van der Waals surface area contributed by atoms with E-state index in [-0.39, 0.29) is 17.3 Å².